The second-order valence-electron chi connectivity index (χ2n) is 6.61. The van der Waals surface area contributed by atoms with Gasteiger partial charge < -0.3 is 14.5 Å². The number of rotatable bonds is 6. The summed E-state index contributed by atoms with van der Waals surface area (Å²) in [5.41, 5.74) is 4.28. The van der Waals surface area contributed by atoms with Crippen molar-refractivity contribution in [3.05, 3.63) is 89.8 Å². The van der Waals surface area contributed by atoms with E-state index in [4.69, 9.17) is 9.15 Å². The molecule has 0 aliphatic carbocycles. The minimum Gasteiger partial charge on any atom is -0.484 e. The summed E-state index contributed by atoms with van der Waals surface area (Å²) in [6.07, 6.45) is 0.627. The van der Waals surface area contributed by atoms with Crippen LogP contribution >= 0.6 is 0 Å². The number of anilines is 1. The molecular weight excluding hydrogens is 352 g/mol. The van der Waals surface area contributed by atoms with Crippen molar-refractivity contribution >= 4 is 22.7 Å². The van der Waals surface area contributed by atoms with Crippen molar-refractivity contribution in [2.75, 3.05) is 11.9 Å². The molecule has 1 heterocycles. The van der Waals surface area contributed by atoms with E-state index in [9.17, 15) is 4.79 Å². The van der Waals surface area contributed by atoms with Crippen molar-refractivity contribution in [1.82, 2.24) is 4.98 Å². The van der Waals surface area contributed by atoms with E-state index in [1.165, 1.54) is 0 Å². The van der Waals surface area contributed by atoms with Crippen LogP contribution in [0.5, 0.6) is 5.75 Å². The van der Waals surface area contributed by atoms with Crippen LogP contribution in [-0.4, -0.2) is 17.5 Å². The van der Waals surface area contributed by atoms with Gasteiger partial charge in [0.05, 0.1) is 0 Å². The van der Waals surface area contributed by atoms with Crippen LogP contribution in [0.2, 0.25) is 0 Å². The summed E-state index contributed by atoms with van der Waals surface area (Å²) in [5, 5.41) is 2.83. The van der Waals surface area contributed by atoms with Crippen molar-refractivity contribution in [1.29, 1.82) is 0 Å². The molecular formula is C23H20N2O3. The Hall–Kier alpha value is -3.60. The second-order valence-corrected chi connectivity index (χ2v) is 6.61. The predicted molar refractivity (Wildman–Crippen MR) is 109 cm³/mol. The molecule has 0 unspecified atom stereocenters. The van der Waals surface area contributed by atoms with Crippen molar-refractivity contribution in [2.45, 2.75) is 13.3 Å². The van der Waals surface area contributed by atoms with Gasteiger partial charge in [0.25, 0.3) is 5.91 Å². The lowest BCUT2D eigenvalue weighted by Gasteiger charge is -2.08. The normalized spacial score (nSPS) is 10.8. The van der Waals surface area contributed by atoms with Crippen molar-refractivity contribution < 1.29 is 13.9 Å². The molecule has 0 bridgehead atoms. The first-order valence-electron chi connectivity index (χ1n) is 9.08. The van der Waals surface area contributed by atoms with Gasteiger partial charge in [-0.25, -0.2) is 4.98 Å². The van der Waals surface area contributed by atoms with Crippen LogP contribution in [-0.2, 0) is 11.2 Å². The highest BCUT2D eigenvalue weighted by atomic mass is 16.5. The molecule has 5 nitrogen and oxygen atoms in total. The average Bonchev–Trinajstić information content (AvgIpc) is 3.09. The summed E-state index contributed by atoms with van der Waals surface area (Å²) in [5.74, 6) is 1.09. The van der Waals surface area contributed by atoms with Gasteiger partial charge in [-0.15, -0.1) is 0 Å². The summed E-state index contributed by atoms with van der Waals surface area (Å²) in [6, 6.07) is 23.0. The molecule has 1 N–H and O–H groups in total. The van der Waals surface area contributed by atoms with E-state index < -0.39 is 0 Å². The maximum absolute atomic E-state index is 12.2. The van der Waals surface area contributed by atoms with Gasteiger partial charge in [-0.1, -0.05) is 42.5 Å². The van der Waals surface area contributed by atoms with E-state index in [2.05, 4.69) is 10.3 Å². The molecule has 0 saturated heterocycles. The largest absolute Gasteiger partial charge is 0.484 e. The van der Waals surface area contributed by atoms with Crippen molar-refractivity contribution in [2.24, 2.45) is 0 Å². The number of aryl methyl sites for hydroxylation is 1. The Morgan fingerprint density at radius 3 is 2.71 bits per heavy atom. The molecule has 0 radical (unpaired) electrons. The monoisotopic (exact) mass is 372 g/mol. The highest BCUT2D eigenvalue weighted by Crippen LogP contribution is 2.21. The van der Waals surface area contributed by atoms with Gasteiger partial charge in [0.15, 0.2) is 18.1 Å². The van der Waals surface area contributed by atoms with Gasteiger partial charge >= 0.3 is 0 Å². The quantitative estimate of drug-likeness (QED) is 0.531. The molecule has 0 atom stereocenters. The van der Waals surface area contributed by atoms with Gasteiger partial charge in [-0.3, -0.25) is 4.79 Å². The summed E-state index contributed by atoms with van der Waals surface area (Å²) in [4.78, 5) is 16.7. The number of nitrogens with one attached hydrogen (secondary N) is 1. The molecule has 5 heteroatoms. The number of carbonyl (C=O) groups excluding carboxylic acids is 1. The summed E-state index contributed by atoms with van der Waals surface area (Å²) < 4.78 is 11.3. The first-order chi connectivity index (χ1) is 13.7. The van der Waals surface area contributed by atoms with Crippen LogP contribution in [0.1, 0.15) is 17.0 Å². The maximum atomic E-state index is 12.2. The smallest absolute Gasteiger partial charge is 0.262 e. The molecule has 0 aliphatic rings. The SMILES string of the molecule is Cc1cccc(OCC(=O)Nc2ccc3oc(Cc4ccccc4)nc3c2)c1. The fourth-order valence-electron chi connectivity index (χ4n) is 2.95. The van der Waals surface area contributed by atoms with Crippen LogP contribution in [0.3, 0.4) is 0 Å². The van der Waals surface area contributed by atoms with E-state index >= 15 is 0 Å². The molecule has 3 aromatic carbocycles. The van der Waals surface area contributed by atoms with Gasteiger partial charge in [-0.2, -0.15) is 0 Å². The van der Waals surface area contributed by atoms with E-state index in [-0.39, 0.29) is 12.5 Å². The number of nitrogens with zero attached hydrogens (tertiary/aromatic N) is 1. The molecule has 0 saturated carbocycles. The second kappa shape index (κ2) is 7.96. The van der Waals surface area contributed by atoms with E-state index in [1.54, 1.807) is 12.1 Å². The Morgan fingerprint density at radius 1 is 1.04 bits per heavy atom. The zero-order valence-electron chi connectivity index (χ0n) is 15.5. The highest BCUT2D eigenvalue weighted by Gasteiger charge is 2.09. The zero-order chi connectivity index (χ0) is 19.3. The highest BCUT2D eigenvalue weighted by molar-refractivity contribution is 5.93. The number of hydrogen-bond acceptors (Lipinski definition) is 4. The summed E-state index contributed by atoms with van der Waals surface area (Å²) in [6.45, 7) is 1.92. The number of hydrogen-bond donors (Lipinski definition) is 1. The topological polar surface area (TPSA) is 64.4 Å². The Kier molecular flexibility index (Phi) is 5.06. The standard InChI is InChI=1S/C23H20N2O3/c1-16-6-5-9-19(12-16)27-15-22(26)24-18-10-11-21-20(14-18)25-23(28-21)13-17-7-3-2-4-8-17/h2-12,14H,13,15H2,1H3,(H,24,26). The molecule has 1 aromatic heterocycles. The lowest BCUT2D eigenvalue weighted by molar-refractivity contribution is -0.118. The molecule has 4 rings (SSSR count). The van der Waals surface area contributed by atoms with Gasteiger partial charge in [0.1, 0.15) is 11.3 Å². The predicted octanol–water partition coefficient (Wildman–Crippen LogP) is 4.74. The molecule has 0 spiro atoms. The minimum atomic E-state index is -0.228. The molecule has 1 amide bonds. The third-order valence-electron chi connectivity index (χ3n) is 4.27. The van der Waals surface area contributed by atoms with Crippen molar-refractivity contribution in [3.63, 3.8) is 0 Å². The number of oxazole rings is 1. The summed E-state index contributed by atoms with van der Waals surface area (Å²) in [7, 11) is 0. The Morgan fingerprint density at radius 2 is 1.89 bits per heavy atom. The maximum Gasteiger partial charge on any atom is 0.262 e. The molecule has 140 valence electrons. The summed E-state index contributed by atoms with van der Waals surface area (Å²) >= 11 is 0. The van der Waals surface area contributed by atoms with Crippen LogP contribution in [0, 0.1) is 6.92 Å². The number of carbonyl (C=O) groups is 1. The molecule has 0 aliphatic heterocycles. The first kappa shape index (κ1) is 17.8. The molecule has 0 fully saturated rings. The fraction of sp³-hybridized carbons (Fsp3) is 0.130. The zero-order valence-corrected chi connectivity index (χ0v) is 15.5. The van der Waals surface area contributed by atoms with Crippen molar-refractivity contribution in [3.8, 4) is 5.75 Å². The van der Waals surface area contributed by atoms with Crippen LogP contribution < -0.4 is 10.1 Å². The lowest BCUT2D eigenvalue weighted by atomic mass is 10.1. The van der Waals surface area contributed by atoms with E-state index in [0.29, 0.717) is 34.8 Å². The van der Waals surface area contributed by atoms with Gasteiger partial charge in [0.2, 0.25) is 0 Å². The number of amides is 1. The Labute approximate surface area is 163 Å². The first-order valence-corrected chi connectivity index (χ1v) is 9.08. The Bertz CT molecular complexity index is 1100. The van der Waals surface area contributed by atoms with E-state index in [0.717, 1.165) is 11.1 Å². The van der Waals surface area contributed by atoms with Crippen LogP contribution in [0.25, 0.3) is 11.1 Å². The molecule has 28 heavy (non-hydrogen) atoms. The fourth-order valence-corrected chi connectivity index (χ4v) is 2.95. The third kappa shape index (κ3) is 4.38. The average molecular weight is 372 g/mol. The van der Waals surface area contributed by atoms with Gasteiger partial charge in [0, 0.05) is 12.1 Å². The number of benzene rings is 3. The van der Waals surface area contributed by atoms with Gasteiger partial charge in [-0.05, 0) is 48.4 Å². The number of fused-ring (bicyclic) bond motifs is 1. The third-order valence-corrected chi connectivity index (χ3v) is 4.27. The number of aromatic nitrogens is 1. The number of ether oxygens (including phenoxy) is 1. The lowest BCUT2D eigenvalue weighted by Crippen LogP contribution is -2.20. The Balaban J connectivity index is 1.40. The van der Waals surface area contributed by atoms with Crippen LogP contribution in [0.15, 0.2) is 77.2 Å². The van der Waals surface area contributed by atoms with Crippen LogP contribution in [0.4, 0.5) is 5.69 Å². The minimum absolute atomic E-state index is 0.0560. The van der Waals surface area contributed by atoms with E-state index in [1.807, 2.05) is 67.6 Å². The molecule has 4 aromatic rings.